The van der Waals surface area contributed by atoms with Crippen molar-refractivity contribution in [3.8, 4) is 17.0 Å². The molecule has 0 aliphatic carbocycles. The van der Waals surface area contributed by atoms with Crippen molar-refractivity contribution < 1.29 is 9.47 Å². The van der Waals surface area contributed by atoms with E-state index in [1.807, 2.05) is 12.3 Å². The number of imidazole rings is 1. The summed E-state index contributed by atoms with van der Waals surface area (Å²) in [5, 5.41) is 0. The summed E-state index contributed by atoms with van der Waals surface area (Å²) in [7, 11) is 4.13. The van der Waals surface area contributed by atoms with Crippen molar-refractivity contribution in [1.82, 2.24) is 19.3 Å². The lowest BCUT2D eigenvalue weighted by Gasteiger charge is -2.15. The van der Waals surface area contributed by atoms with Crippen molar-refractivity contribution in [2.45, 2.75) is 12.8 Å². The van der Waals surface area contributed by atoms with Crippen LogP contribution >= 0.6 is 0 Å². The van der Waals surface area contributed by atoms with E-state index >= 15 is 0 Å². The van der Waals surface area contributed by atoms with Crippen LogP contribution in [-0.2, 0) is 4.74 Å². The van der Waals surface area contributed by atoms with Crippen molar-refractivity contribution in [2.24, 2.45) is 0 Å². The van der Waals surface area contributed by atoms with Crippen LogP contribution in [0.25, 0.3) is 33.4 Å². The van der Waals surface area contributed by atoms with Crippen LogP contribution in [0.5, 0.6) is 5.88 Å². The molecule has 0 spiro atoms. The van der Waals surface area contributed by atoms with Crippen LogP contribution in [-0.4, -0.2) is 59.7 Å². The van der Waals surface area contributed by atoms with E-state index < -0.39 is 0 Å². The van der Waals surface area contributed by atoms with Crippen molar-refractivity contribution in [3.63, 3.8) is 0 Å². The van der Waals surface area contributed by atoms with Gasteiger partial charge in [-0.1, -0.05) is 18.2 Å². The summed E-state index contributed by atoms with van der Waals surface area (Å²) in [6.07, 6.45) is 8.12. The summed E-state index contributed by atoms with van der Waals surface area (Å²) in [5.41, 5.74) is 7.80. The fourth-order valence-corrected chi connectivity index (χ4v) is 4.16. The molecule has 3 aromatic heterocycles. The van der Waals surface area contributed by atoms with Gasteiger partial charge in [0.15, 0.2) is 0 Å². The second kappa shape index (κ2) is 9.10. The molecule has 0 atom stereocenters. The highest BCUT2D eigenvalue weighted by molar-refractivity contribution is 5.92. The summed E-state index contributed by atoms with van der Waals surface area (Å²) >= 11 is 0. The number of ether oxygens (including phenoxy) is 2. The van der Waals surface area contributed by atoms with Crippen molar-refractivity contribution in [2.75, 3.05) is 40.5 Å². The highest BCUT2D eigenvalue weighted by Crippen LogP contribution is 2.31. The molecule has 1 aromatic carbocycles. The van der Waals surface area contributed by atoms with Gasteiger partial charge in [-0.05, 0) is 56.8 Å². The van der Waals surface area contributed by atoms with Crippen LogP contribution in [0.1, 0.15) is 18.4 Å². The van der Waals surface area contributed by atoms with Crippen molar-refractivity contribution >= 4 is 22.3 Å². The lowest BCUT2D eigenvalue weighted by atomic mass is 10.00. The van der Waals surface area contributed by atoms with Crippen LogP contribution in [0.2, 0.25) is 0 Å². The highest BCUT2D eigenvalue weighted by Gasteiger charge is 2.15. The molecule has 6 nitrogen and oxygen atoms in total. The van der Waals surface area contributed by atoms with E-state index in [2.05, 4.69) is 77.1 Å². The fraction of sp³-hybridized carbons (Fsp3) is 0.308. The topological polar surface area (TPSA) is 51.9 Å². The number of para-hydroxylation sites is 1. The first-order valence-corrected chi connectivity index (χ1v) is 11.1. The first-order valence-electron chi connectivity index (χ1n) is 11.1. The average Bonchev–Trinajstić information content (AvgIpc) is 3.21. The monoisotopic (exact) mass is 428 g/mol. The minimum absolute atomic E-state index is 0.662. The summed E-state index contributed by atoms with van der Waals surface area (Å²) in [6.45, 7) is 3.10. The second-order valence-corrected chi connectivity index (χ2v) is 8.38. The Hall–Kier alpha value is -3.22. The van der Waals surface area contributed by atoms with E-state index in [1.165, 1.54) is 11.1 Å². The number of pyridine rings is 2. The molecule has 32 heavy (non-hydrogen) atoms. The molecular formula is C26H28N4O2. The van der Waals surface area contributed by atoms with Crippen LogP contribution < -0.4 is 4.74 Å². The zero-order valence-corrected chi connectivity index (χ0v) is 18.6. The molecule has 1 aliphatic rings. The molecule has 0 saturated carbocycles. The Labute approximate surface area is 188 Å². The standard InChI is InChI=1S/C26H28N4O2/c1-29(2)13-4-14-32-25-10-8-20(17-27-25)21-7-9-24-28-23-6-3-5-22(26(23)30(24)18-21)19-11-15-31-16-12-19/h3,5-11,17-18H,4,12-16H2,1-2H3. The van der Waals surface area contributed by atoms with Gasteiger partial charge in [-0.25, -0.2) is 9.97 Å². The Morgan fingerprint density at radius 1 is 1.09 bits per heavy atom. The Balaban J connectivity index is 1.45. The molecule has 0 fully saturated rings. The van der Waals surface area contributed by atoms with Gasteiger partial charge < -0.3 is 14.4 Å². The van der Waals surface area contributed by atoms with E-state index in [9.17, 15) is 0 Å². The quantitative estimate of drug-likeness (QED) is 0.400. The number of rotatable bonds is 7. The van der Waals surface area contributed by atoms with Gasteiger partial charge in [0.2, 0.25) is 5.88 Å². The molecule has 0 amide bonds. The average molecular weight is 429 g/mol. The van der Waals surface area contributed by atoms with Crippen LogP contribution in [0.4, 0.5) is 0 Å². The van der Waals surface area contributed by atoms with Gasteiger partial charge in [0.25, 0.3) is 0 Å². The summed E-state index contributed by atoms with van der Waals surface area (Å²) in [4.78, 5) is 11.5. The van der Waals surface area contributed by atoms with Crippen LogP contribution in [0, 0.1) is 0 Å². The third-order valence-electron chi connectivity index (χ3n) is 5.80. The molecule has 0 radical (unpaired) electrons. The molecule has 164 valence electrons. The Kier molecular flexibility index (Phi) is 5.88. The number of fused-ring (bicyclic) bond motifs is 3. The Morgan fingerprint density at radius 2 is 2.00 bits per heavy atom. The lowest BCUT2D eigenvalue weighted by molar-refractivity contribution is 0.161. The number of hydrogen-bond donors (Lipinski definition) is 0. The van der Waals surface area contributed by atoms with Gasteiger partial charge in [0.05, 0.1) is 30.9 Å². The molecule has 0 N–H and O–H groups in total. The van der Waals surface area contributed by atoms with Gasteiger partial charge in [-0.15, -0.1) is 0 Å². The van der Waals surface area contributed by atoms with Crippen LogP contribution in [0.15, 0.2) is 60.9 Å². The summed E-state index contributed by atoms with van der Waals surface area (Å²) < 4.78 is 13.5. The molecule has 0 saturated heterocycles. The zero-order chi connectivity index (χ0) is 21.9. The van der Waals surface area contributed by atoms with Gasteiger partial charge in [-0.3, -0.25) is 4.40 Å². The molecule has 1 aliphatic heterocycles. The van der Waals surface area contributed by atoms with Crippen LogP contribution in [0.3, 0.4) is 0 Å². The summed E-state index contributed by atoms with van der Waals surface area (Å²) in [6, 6.07) is 14.5. The summed E-state index contributed by atoms with van der Waals surface area (Å²) in [5.74, 6) is 0.662. The number of nitrogens with zero attached hydrogens (tertiary/aromatic N) is 4. The maximum Gasteiger partial charge on any atom is 0.213 e. The zero-order valence-electron chi connectivity index (χ0n) is 18.6. The Morgan fingerprint density at radius 3 is 2.78 bits per heavy atom. The van der Waals surface area contributed by atoms with Gasteiger partial charge in [0.1, 0.15) is 5.65 Å². The molecule has 4 aromatic rings. The molecule has 6 heteroatoms. The first kappa shape index (κ1) is 20.7. The van der Waals surface area contributed by atoms with Gasteiger partial charge in [-0.2, -0.15) is 0 Å². The predicted octanol–water partition coefficient (Wildman–Crippen LogP) is 4.68. The molecule has 4 heterocycles. The Bertz CT molecular complexity index is 1260. The number of hydrogen-bond acceptors (Lipinski definition) is 5. The SMILES string of the molecule is CN(C)CCCOc1ccc(-c2ccc3nc4cccc(C5=CCOCC5)c4n3c2)cn1. The minimum Gasteiger partial charge on any atom is -0.478 e. The van der Waals surface area contributed by atoms with E-state index in [-0.39, 0.29) is 0 Å². The third-order valence-corrected chi connectivity index (χ3v) is 5.80. The van der Waals surface area contributed by atoms with E-state index in [0.29, 0.717) is 19.1 Å². The third kappa shape index (κ3) is 4.24. The molecular weight excluding hydrogens is 400 g/mol. The van der Waals surface area contributed by atoms with Gasteiger partial charge in [0, 0.05) is 41.7 Å². The van der Waals surface area contributed by atoms with Crippen molar-refractivity contribution in [1.29, 1.82) is 0 Å². The predicted molar refractivity (Wildman–Crippen MR) is 128 cm³/mol. The van der Waals surface area contributed by atoms with Gasteiger partial charge >= 0.3 is 0 Å². The second-order valence-electron chi connectivity index (χ2n) is 8.38. The normalized spacial score (nSPS) is 14.3. The smallest absolute Gasteiger partial charge is 0.213 e. The first-order chi connectivity index (χ1) is 15.7. The minimum atomic E-state index is 0.662. The molecule has 5 rings (SSSR count). The van der Waals surface area contributed by atoms with E-state index in [4.69, 9.17) is 14.5 Å². The lowest BCUT2D eigenvalue weighted by Crippen LogP contribution is -2.15. The molecule has 0 unspecified atom stereocenters. The number of aromatic nitrogens is 3. The van der Waals surface area contributed by atoms with Crippen molar-refractivity contribution in [3.05, 3.63) is 66.5 Å². The highest BCUT2D eigenvalue weighted by atomic mass is 16.5. The molecule has 0 bridgehead atoms. The number of benzene rings is 1. The van der Waals surface area contributed by atoms with E-state index in [0.717, 1.165) is 53.8 Å². The maximum absolute atomic E-state index is 5.78. The van der Waals surface area contributed by atoms with E-state index in [1.54, 1.807) is 0 Å². The largest absolute Gasteiger partial charge is 0.478 e. The fourth-order valence-electron chi connectivity index (χ4n) is 4.16. The maximum atomic E-state index is 5.78.